The van der Waals surface area contributed by atoms with Crippen LogP contribution >= 0.6 is 91.3 Å². The lowest BCUT2D eigenvalue weighted by Crippen LogP contribution is -2.27. The molecule has 0 aromatic heterocycles. The van der Waals surface area contributed by atoms with Crippen molar-refractivity contribution in [2.75, 3.05) is 0 Å². The van der Waals surface area contributed by atoms with E-state index in [2.05, 4.69) is 89.9 Å². The summed E-state index contributed by atoms with van der Waals surface area (Å²) in [4.78, 5) is 11.7. The molecule has 98 valence electrons. The van der Waals surface area contributed by atoms with E-state index in [-0.39, 0.29) is 0 Å². The maximum absolute atomic E-state index is 11.7. The van der Waals surface area contributed by atoms with Crippen molar-refractivity contribution >= 4 is 103 Å². The van der Waals surface area contributed by atoms with Gasteiger partial charge in [0.15, 0.2) is 0 Å². The van der Waals surface area contributed by atoms with Crippen molar-refractivity contribution in [2.45, 2.75) is 7.64 Å². The zero-order chi connectivity index (χ0) is 13.9. The van der Waals surface area contributed by atoms with Gasteiger partial charge in [-0.3, -0.25) is 4.79 Å². The molecule has 1 rings (SSSR count). The smallest absolute Gasteiger partial charge is 0.268 e. The Balaban J connectivity index is 2.96. The van der Waals surface area contributed by atoms with Crippen LogP contribution in [0.15, 0.2) is 37.4 Å². The van der Waals surface area contributed by atoms with Crippen molar-refractivity contribution in [3.05, 3.63) is 27.1 Å². The van der Waals surface area contributed by atoms with Crippen molar-refractivity contribution in [3.63, 3.8) is 0 Å². The van der Waals surface area contributed by atoms with E-state index in [1.807, 2.05) is 12.1 Å². The van der Waals surface area contributed by atoms with Gasteiger partial charge < -0.3 is 0 Å². The van der Waals surface area contributed by atoms with E-state index in [1.165, 1.54) is 0 Å². The van der Waals surface area contributed by atoms with Gasteiger partial charge in [0.2, 0.25) is 5.78 Å². The Bertz CT molecular complexity index is 492. The Morgan fingerprint density at radius 1 is 1.33 bits per heavy atom. The third-order valence-corrected chi connectivity index (χ3v) is 4.46. The summed E-state index contributed by atoms with van der Waals surface area (Å²) in [5, 5.41) is 7.73. The van der Waals surface area contributed by atoms with Gasteiger partial charge in [0.1, 0.15) is 3.74 Å². The van der Waals surface area contributed by atoms with Gasteiger partial charge in [0, 0.05) is 8.95 Å². The number of Topliss-reactive ketones (excluding diaryl/α,β-unsaturated/α-hetero) is 1. The quantitative estimate of drug-likeness (QED) is 0.232. The van der Waals surface area contributed by atoms with Crippen LogP contribution in [0, 0.1) is 0 Å². The summed E-state index contributed by atoms with van der Waals surface area (Å²) in [5.74, 6) is -0.402. The van der Waals surface area contributed by atoms with E-state index in [4.69, 9.17) is 11.6 Å². The van der Waals surface area contributed by atoms with Crippen LogP contribution in [0.1, 0.15) is 0 Å². The summed E-state index contributed by atoms with van der Waals surface area (Å²) in [6.07, 6.45) is 0. The number of hydrogen-bond acceptors (Lipinski definition) is 3. The standard InChI is InChI=1S/C9H4Br5ClN2O/c10-4-1-2-6(5(11)3-4)16-17-9(14,15)7(18)8(12)13/h1-3,8H. The van der Waals surface area contributed by atoms with Crippen molar-refractivity contribution < 1.29 is 4.79 Å². The van der Waals surface area contributed by atoms with Gasteiger partial charge in [-0.05, 0) is 50.1 Å². The average Bonchev–Trinajstić information content (AvgIpc) is 2.26. The normalized spacial score (nSPS) is 15.1. The highest BCUT2D eigenvalue weighted by Crippen LogP contribution is 2.35. The Hall–Kier alpha value is 1.18. The van der Waals surface area contributed by atoms with Gasteiger partial charge in [-0.2, -0.15) is 5.11 Å². The van der Waals surface area contributed by atoms with Crippen LogP contribution in [0.4, 0.5) is 5.69 Å². The summed E-state index contributed by atoms with van der Waals surface area (Å²) in [6.45, 7) is 0. The van der Waals surface area contributed by atoms with Crippen LogP contribution in [0.2, 0.25) is 0 Å². The number of nitrogens with zero attached hydrogens (tertiary/aromatic N) is 2. The first-order chi connectivity index (χ1) is 8.24. The van der Waals surface area contributed by atoms with E-state index in [0.717, 1.165) is 8.95 Å². The second-order valence-corrected chi connectivity index (χ2v) is 9.98. The molecule has 0 aliphatic heterocycles. The molecule has 0 bridgehead atoms. The zero-order valence-corrected chi connectivity index (χ0v) is 17.1. The topological polar surface area (TPSA) is 41.8 Å². The first kappa shape index (κ1) is 17.2. The molecule has 9 heteroatoms. The fourth-order valence-corrected chi connectivity index (χ4v) is 3.98. The molecule has 1 aromatic rings. The number of ketones is 1. The molecule has 0 spiro atoms. The largest absolute Gasteiger partial charge is 0.292 e. The van der Waals surface area contributed by atoms with Crippen LogP contribution in [0.5, 0.6) is 0 Å². The Morgan fingerprint density at radius 3 is 2.44 bits per heavy atom. The van der Waals surface area contributed by atoms with E-state index >= 15 is 0 Å². The number of hydrogen-bond donors (Lipinski definition) is 0. The molecule has 0 fully saturated rings. The minimum atomic E-state index is -1.60. The van der Waals surface area contributed by atoms with Crippen molar-refractivity contribution in [2.24, 2.45) is 10.2 Å². The molecule has 0 aliphatic carbocycles. The summed E-state index contributed by atoms with van der Waals surface area (Å²) >= 11 is 21.7. The maximum atomic E-state index is 11.7. The number of halogens is 6. The van der Waals surface area contributed by atoms with Crippen LogP contribution in [-0.4, -0.2) is 13.4 Å². The lowest BCUT2D eigenvalue weighted by molar-refractivity contribution is -0.117. The third kappa shape index (κ3) is 4.94. The predicted molar refractivity (Wildman–Crippen MR) is 90.5 cm³/mol. The molecule has 1 atom stereocenters. The molecule has 1 aromatic carbocycles. The Labute approximate surface area is 151 Å². The molecular formula is C9H4Br5ClN2O. The Morgan fingerprint density at radius 2 is 1.94 bits per heavy atom. The highest BCUT2D eigenvalue weighted by Gasteiger charge is 2.36. The summed E-state index contributed by atoms with van der Waals surface area (Å²) in [7, 11) is 0. The number of carbonyl (C=O) groups excluding carboxylic acids is 1. The van der Waals surface area contributed by atoms with Crippen LogP contribution in [0.3, 0.4) is 0 Å². The van der Waals surface area contributed by atoms with E-state index < -0.39 is 13.4 Å². The molecule has 0 radical (unpaired) electrons. The van der Waals surface area contributed by atoms with E-state index in [1.54, 1.807) is 6.07 Å². The zero-order valence-electron chi connectivity index (χ0n) is 8.38. The number of benzene rings is 1. The molecule has 0 saturated heterocycles. The highest BCUT2D eigenvalue weighted by atomic mass is 79.9. The molecule has 18 heavy (non-hydrogen) atoms. The molecule has 1 unspecified atom stereocenters. The number of carbonyl (C=O) groups is 1. The van der Waals surface area contributed by atoms with Gasteiger partial charge in [-0.25, -0.2) is 0 Å². The highest BCUT2D eigenvalue weighted by molar-refractivity contribution is 9.25. The number of rotatable bonds is 4. The van der Waals surface area contributed by atoms with Crippen LogP contribution < -0.4 is 0 Å². The van der Waals surface area contributed by atoms with Crippen LogP contribution in [0.25, 0.3) is 0 Å². The lowest BCUT2D eigenvalue weighted by Gasteiger charge is -2.12. The molecular weight excluding hydrogens is 587 g/mol. The maximum Gasteiger partial charge on any atom is 0.268 e. The number of azo groups is 1. The first-order valence-corrected chi connectivity index (χ1v) is 8.91. The third-order valence-electron chi connectivity index (χ3n) is 1.69. The summed E-state index contributed by atoms with van der Waals surface area (Å²) in [6, 6.07) is 5.36. The van der Waals surface area contributed by atoms with E-state index in [9.17, 15) is 4.79 Å². The molecule has 0 aliphatic rings. The van der Waals surface area contributed by atoms with Gasteiger partial charge in [0.05, 0.1) is 5.69 Å². The Kier molecular flexibility index (Phi) is 6.95. The SMILES string of the molecule is O=C(C(Br)Br)C(Cl)(Br)N=Nc1ccc(Br)cc1Br. The number of alkyl halides is 4. The molecule has 3 nitrogen and oxygen atoms in total. The second kappa shape index (κ2) is 7.26. The lowest BCUT2D eigenvalue weighted by atomic mass is 10.3. The van der Waals surface area contributed by atoms with Gasteiger partial charge in [-0.1, -0.05) is 59.4 Å². The van der Waals surface area contributed by atoms with E-state index in [0.29, 0.717) is 5.69 Å². The monoisotopic (exact) mass is 586 g/mol. The minimum Gasteiger partial charge on any atom is -0.292 e. The average molecular weight is 591 g/mol. The van der Waals surface area contributed by atoms with Crippen molar-refractivity contribution in [1.29, 1.82) is 0 Å². The summed E-state index contributed by atoms with van der Waals surface area (Å²) in [5.41, 5.74) is 0.566. The van der Waals surface area contributed by atoms with Gasteiger partial charge in [0.25, 0.3) is 3.91 Å². The van der Waals surface area contributed by atoms with Crippen molar-refractivity contribution in [1.82, 2.24) is 0 Å². The second-order valence-electron chi connectivity index (χ2n) is 3.00. The first-order valence-electron chi connectivity index (χ1n) is 4.32. The summed E-state index contributed by atoms with van der Waals surface area (Å²) < 4.78 is -0.560. The molecule has 0 saturated carbocycles. The molecule has 0 N–H and O–H groups in total. The van der Waals surface area contributed by atoms with Crippen molar-refractivity contribution in [3.8, 4) is 0 Å². The minimum absolute atomic E-state index is 0.402. The molecule has 0 amide bonds. The van der Waals surface area contributed by atoms with Crippen LogP contribution in [-0.2, 0) is 4.79 Å². The van der Waals surface area contributed by atoms with Gasteiger partial charge >= 0.3 is 0 Å². The predicted octanol–water partition coefficient (Wildman–Crippen LogP) is 6.27. The fraction of sp³-hybridized carbons (Fsp3) is 0.222. The molecule has 0 heterocycles. The fourth-order valence-electron chi connectivity index (χ4n) is 0.860. The van der Waals surface area contributed by atoms with Gasteiger partial charge in [-0.15, -0.1) is 5.11 Å².